The Morgan fingerprint density at radius 2 is 2.04 bits per heavy atom. The zero-order valence-corrected chi connectivity index (χ0v) is 13.6. The fourth-order valence-corrected chi connectivity index (χ4v) is 2.91. The van der Waals surface area contributed by atoms with Gasteiger partial charge in [0, 0.05) is 36.6 Å². The average molecular weight is 325 g/mol. The van der Waals surface area contributed by atoms with Gasteiger partial charge >= 0.3 is 0 Å². The molecule has 6 heteroatoms. The van der Waals surface area contributed by atoms with Crippen LogP contribution in [-0.2, 0) is 9.59 Å². The highest BCUT2D eigenvalue weighted by Gasteiger charge is 2.35. The van der Waals surface area contributed by atoms with Crippen LogP contribution < -0.4 is 15.8 Å². The minimum absolute atomic E-state index is 0.0604. The molecule has 6 nitrogen and oxygen atoms in total. The van der Waals surface area contributed by atoms with E-state index in [1.165, 1.54) is 12.3 Å². The van der Waals surface area contributed by atoms with Crippen LogP contribution in [0.1, 0.15) is 17.5 Å². The number of nitrogens with zero attached hydrogens (tertiary/aromatic N) is 1. The topological polar surface area (TPSA) is 82.3 Å². The molecule has 3 rings (SSSR count). The third kappa shape index (κ3) is 3.08. The first-order valence-corrected chi connectivity index (χ1v) is 7.82. The molecule has 1 unspecified atom stereocenters. The molecule has 0 bridgehead atoms. The van der Waals surface area contributed by atoms with Gasteiger partial charge in [-0.2, -0.15) is 0 Å². The molecule has 1 aliphatic rings. The van der Waals surface area contributed by atoms with Gasteiger partial charge in [-0.05, 0) is 37.1 Å². The summed E-state index contributed by atoms with van der Waals surface area (Å²) >= 11 is 0. The Bertz CT molecular complexity index is 857. The molecule has 0 radical (unpaired) electrons. The van der Waals surface area contributed by atoms with Gasteiger partial charge < -0.3 is 15.2 Å². The van der Waals surface area contributed by atoms with Gasteiger partial charge in [0.05, 0.1) is 5.92 Å². The zero-order chi connectivity index (χ0) is 17.3. The van der Waals surface area contributed by atoms with Gasteiger partial charge in [0.25, 0.3) is 0 Å². The number of H-pyrrole nitrogens is 1. The van der Waals surface area contributed by atoms with Gasteiger partial charge in [-0.25, -0.2) is 0 Å². The smallest absolute Gasteiger partial charge is 0.249 e. The third-order valence-corrected chi connectivity index (χ3v) is 4.41. The van der Waals surface area contributed by atoms with Crippen LogP contribution in [0.2, 0.25) is 0 Å². The number of hydrogen-bond donors (Lipinski definition) is 2. The molecule has 0 spiro atoms. The quantitative estimate of drug-likeness (QED) is 0.905. The van der Waals surface area contributed by atoms with Crippen molar-refractivity contribution in [3.05, 3.63) is 58.0 Å². The molecule has 124 valence electrons. The van der Waals surface area contributed by atoms with E-state index >= 15 is 0 Å². The van der Waals surface area contributed by atoms with Gasteiger partial charge in [0.15, 0.2) is 0 Å². The second-order valence-electron chi connectivity index (χ2n) is 6.06. The third-order valence-electron chi connectivity index (χ3n) is 4.41. The van der Waals surface area contributed by atoms with Crippen molar-refractivity contribution in [2.24, 2.45) is 5.92 Å². The van der Waals surface area contributed by atoms with E-state index < -0.39 is 5.92 Å². The van der Waals surface area contributed by atoms with Gasteiger partial charge in [0.2, 0.25) is 17.4 Å². The lowest BCUT2D eigenvalue weighted by molar-refractivity contribution is -0.122. The second-order valence-corrected chi connectivity index (χ2v) is 6.06. The lowest BCUT2D eigenvalue weighted by Gasteiger charge is -2.20. The molecule has 1 aromatic heterocycles. The maximum absolute atomic E-state index is 12.4. The van der Waals surface area contributed by atoms with Crippen LogP contribution in [0.3, 0.4) is 0 Å². The molecule has 2 N–H and O–H groups in total. The number of aryl methyl sites for hydroxylation is 1. The fraction of sp³-hybridized carbons (Fsp3) is 0.278. The summed E-state index contributed by atoms with van der Waals surface area (Å²) in [5.41, 5.74) is 3.15. The van der Waals surface area contributed by atoms with Crippen LogP contribution in [0.4, 0.5) is 11.4 Å². The van der Waals surface area contributed by atoms with E-state index in [1.807, 2.05) is 32.0 Å². The van der Waals surface area contributed by atoms with Crippen molar-refractivity contribution in [2.45, 2.75) is 20.3 Å². The number of pyridine rings is 1. The van der Waals surface area contributed by atoms with E-state index in [4.69, 9.17) is 0 Å². The highest BCUT2D eigenvalue weighted by Crippen LogP contribution is 2.29. The molecular formula is C18H19N3O3. The van der Waals surface area contributed by atoms with Crippen molar-refractivity contribution in [1.82, 2.24) is 4.98 Å². The summed E-state index contributed by atoms with van der Waals surface area (Å²) in [6.07, 6.45) is 1.64. The maximum atomic E-state index is 12.4. The number of rotatable bonds is 3. The van der Waals surface area contributed by atoms with E-state index in [-0.39, 0.29) is 23.8 Å². The molecule has 1 fully saturated rings. The highest BCUT2D eigenvalue weighted by molar-refractivity contribution is 6.03. The SMILES string of the molecule is Cc1cccc(N2CC(C(=O)Nc3cc[nH]c(=O)c3)CC2=O)c1C. The number of hydrogen-bond acceptors (Lipinski definition) is 3. The lowest BCUT2D eigenvalue weighted by atomic mass is 10.1. The first-order chi connectivity index (χ1) is 11.5. The van der Waals surface area contributed by atoms with Crippen molar-refractivity contribution in [2.75, 3.05) is 16.8 Å². The first-order valence-electron chi connectivity index (χ1n) is 7.82. The predicted molar refractivity (Wildman–Crippen MR) is 92.1 cm³/mol. The van der Waals surface area contributed by atoms with Gasteiger partial charge in [-0.3, -0.25) is 14.4 Å². The fourth-order valence-electron chi connectivity index (χ4n) is 2.91. The number of anilines is 2. The number of nitrogens with one attached hydrogen (secondary N) is 2. The van der Waals surface area contributed by atoms with Gasteiger partial charge in [-0.1, -0.05) is 12.1 Å². The first kappa shape index (κ1) is 16.0. The summed E-state index contributed by atoms with van der Waals surface area (Å²) in [5, 5.41) is 2.71. The molecule has 1 aliphatic heterocycles. The standard InChI is InChI=1S/C18H19N3O3/c1-11-4-3-5-15(12(11)2)21-10-13(8-17(21)23)18(24)20-14-6-7-19-16(22)9-14/h3-7,9,13H,8,10H2,1-2H3,(H2,19,20,22,24). The summed E-state index contributed by atoms with van der Waals surface area (Å²) in [6, 6.07) is 8.73. The maximum Gasteiger partial charge on any atom is 0.249 e. The van der Waals surface area contributed by atoms with E-state index in [0.717, 1.165) is 16.8 Å². The molecule has 2 heterocycles. The summed E-state index contributed by atoms with van der Waals surface area (Å²) in [5.74, 6) is -0.742. The van der Waals surface area contributed by atoms with Crippen molar-refractivity contribution in [3.8, 4) is 0 Å². The minimum atomic E-state index is -0.434. The summed E-state index contributed by atoms with van der Waals surface area (Å²) in [6.45, 7) is 4.32. The van der Waals surface area contributed by atoms with Crippen LogP contribution in [-0.4, -0.2) is 23.3 Å². The second kappa shape index (κ2) is 6.31. The van der Waals surface area contributed by atoms with Crippen LogP contribution in [0.15, 0.2) is 41.3 Å². The molecule has 2 aromatic rings. The predicted octanol–water partition coefficient (Wildman–Crippen LogP) is 1.98. The Balaban J connectivity index is 1.76. The van der Waals surface area contributed by atoms with Gasteiger partial charge in [-0.15, -0.1) is 0 Å². The molecule has 24 heavy (non-hydrogen) atoms. The molecule has 1 saturated heterocycles. The summed E-state index contributed by atoms with van der Waals surface area (Å²) in [4.78, 5) is 40.2. The highest BCUT2D eigenvalue weighted by atomic mass is 16.2. The molecular weight excluding hydrogens is 306 g/mol. The van der Waals surface area contributed by atoms with Gasteiger partial charge in [0.1, 0.15) is 0 Å². The van der Waals surface area contributed by atoms with Crippen molar-refractivity contribution in [3.63, 3.8) is 0 Å². The van der Waals surface area contributed by atoms with Crippen LogP contribution >= 0.6 is 0 Å². The van der Waals surface area contributed by atoms with Crippen LogP contribution in [0.25, 0.3) is 0 Å². The largest absolute Gasteiger partial charge is 0.329 e. The molecule has 2 amide bonds. The Morgan fingerprint density at radius 3 is 2.79 bits per heavy atom. The minimum Gasteiger partial charge on any atom is -0.329 e. The van der Waals surface area contributed by atoms with Crippen molar-refractivity contribution in [1.29, 1.82) is 0 Å². The van der Waals surface area contributed by atoms with E-state index in [0.29, 0.717) is 12.2 Å². The van der Waals surface area contributed by atoms with E-state index in [9.17, 15) is 14.4 Å². The molecule has 1 aromatic carbocycles. The number of amides is 2. The molecule has 0 saturated carbocycles. The summed E-state index contributed by atoms with van der Waals surface area (Å²) in [7, 11) is 0. The van der Waals surface area contributed by atoms with E-state index in [2.05, 4.69) is 10.3 Å². The number of carbonyl (C=O) groups excluding carboxylic acids is 2. The summed E-state index contributed by atoms with van der Waals surface area (Å²) < 4.78 is 0. The normalized spacial score (nSPS) is 17.2. The lowest BCUT2D eigenvalue weighted by Crippen LogP contribution is -2.28. The number of carbonyl (C=O) groups is 2. The number of aromatic amines is 1. The molecule has 0 aliphatic carbocycles. The average Bonchev–Trinajstić information content (AvgIpc) is 2.92. The van der Waals surface area contributed by atoms with E-state index in [1.54, 1.807) is 11.0 Å². The van der Waals surface area contributed by atoms with Crippen LogP contribution in [0.5, 0.6) is 0 Å². The Morgan fingerprint density at radius 1 is 1.25 bits per heavy atom. The monoisotopic (exact) mass is 325 g/mol. The zero-order valence-electron chi connectivity index (χ0n) is 13.6. The van der Waals surface area contributed by atoms with Crippen molar-refractivity contribution < 1.29 is 9.59 Å². The van der Waals surface area contributed by atoms with Crippen LogP contribution in [0, 0.1) is 19.8 Å². The molecule has 1 atom stereocenters. The number of aromatic nitrogens is 1. The number of benzene rings is 1. The van der Waals surface area contributed by atoms with Crippen molar-refractivity contribution >= 4 is 23.2 Å². The Kier molecular flexibility index (Phi) is 4.20. The Hall–Kier alpha value is -2.89. The Labute approximate surface area is 139 Å².